The molecule has 0 unspecified atom stereocenters. The Morgan fingerprint density at radius 1 is 0.969 bits per heavy atom. The minimum absolute atomic E-state index is 0.0535. The molecule has 0 aliphatic heterocycles. The summed E-state index contributed by atoms with van der Waals surface area (Å²) in [6.45, 7) is 0.629. The highest BCUT2D eigenvalue weighted by Gasteiger charge is 2.12. The lowest BCUT2D eigenvalue weighted by Gasteiger charge is -2.13. The first-order valence-corrected chi connectivity index (χ1v) is 11.4. The molecule has 0 atom stereocenters. The maximum absolute atomic E-state index is 12.4. The molecule has 0 aromatic heterocycles. The highest BCUT2D eigenvalue weighted by atomic mass is 16.5. The number of rotatable bonds is 7. The second kappa shape index (κ2) is 10.8. The van der Waals surface area contributed by atoms with Crippen LogP contribution in [0.2, 0.25) is 0 Å². The van der Waals surface area contributed by atoms with Gasteiger partial charge in [-0.2, -0.15) is 0 Å². The van der Waals surface area contributed by atoms with Crippen LogP contribution in [0.25, 0.3) is 22.9 Å². The lowest BCUT2D eigenvalue weighted by Crippen LogP contribution is -2.25. The van der Waals surface area contributed by atoms with Gasteiger partial charge in [0.25, 0.3) is 0 Å². The van der Waals surface area contributed by atoms with E-state index in [4.69, 9.17) is 4.74 Å². The minimum atomic E-state index is -0.405. The number of carbonyl (C=O) groups is 2. The van der Waals surface area contributed by atoms with E-state index >= 15 is 0 Å². The summed E-state index contributed by atoms with van der Waals surface area (Å²) in [6.07, 6.45) is 17.7. The van der Waals surface area contributed by atoms with E-state index in [1.807, 2.05) is 36.4 Å². The van der Waals surface area contributed by atoms with Gasteiger partial charge in [-0.1, -0.05) is 66.3 Å². The van der Waals surface area contributed by atoms with Gasteiger partial charge in [-0.15, -0.1) is 0 Å². The molecule has 0 fully saturated rings. The van der Waals surface area contributed by atoms with Crippen LogP contribution in [-0.4, -0.2) is 18.4 Å². The zero-order valence-electron chi connectivity index (χ0n) is 18.3. The third kappa shape index (κ3) is 5.85. The van der Waals surface area contributed by atoms with Crippen molar-refractivity contribution in [3.63, 3.8) is 0 Å². The van der Waals surface area contributed by atoms with E-state index in [9.17, 15) is 9.59 Å². The smallest absolute Gasteiger partial charge is 0.311 e. The Kier molecular flexibility index (Phi) is 7.34. The maximum Gasteiger partial charge on any atom is 0.311 e. The number of esters is 1. The molecule has 2 aromatic rings. The molecule has 0 bridgehead atoms. The fraction of sp³-hybridized carbons (Fsp3) is 0.286. The largest absolute Gasteiger partial charge is 0.426 e. The Morgan fingerprint density at radius 3 is 2.72 bits per heavy atom. The number of hydrogen-bond acceptors (Lipinski definition) is 3. The van der Waals surface area contributed by atoms with Crippen molar-refractivity contribution in [1.82, 2.24) is 5.32 Å². The third-order valence-electron chi connectivity index (χ3n) is 5.88. The SMILES string of the molecule is O=C(CCC(=O)OC1=C/c2c(ccc3ccccc23)/C=C/C=C\1)NCCC1=CCCCC1. The van der Waals surface area contributed by atoms with Crippen LogP contribution in [0.5, 0.6) is 0 Å². The van der Waals surface area contributed by atoms with Crippen molar-refractivity contribution in [1.29, 1.82) is 0 Å². The molecular weight excluding hydrogens is 398 g/mol. The van der Waals surface area contributed by atoms with Crippen LogP contribution in [0, 0.1) is 0 Å². The van der Waals surface area contributed by atoms with E-state index in [2.05, 4.69) is 35.7 Å². The van der Waals surface area contributed by atoms with Crippen molar-refractivity contribution >= 4 is 34.8 Å². The summed E-state index contributed by atoms with van der Waals surface area (Å²) in [7, 11) is 0. The topological polar surface area (TPSA) is 55.4 Å². The van der Waals surface area contributed by atoms with Crippen molar-refractivity contribution in [2.75, 3.05) is 6.54 Å². The summed E-state index contributed by atoms with van der Waals surface area (Å²) in [6, 6.07) is 12.3. The first kappa shape index (κ1) is 21.8. The Morgan fingerprint density at radius 2 is 1.84 bits per heavy atom. The normalized spacial score (nSPS) is 18.9. The van der Waals surface area contributed by atoms with Crippen LogP contribution in [-0.2, 0) is 14.3 Å². The van der Waals surface area contributed by atoms with Crippen molar-refractivity contribution in [2.24, 2.45) is 0 Å². The van der Waals surface area contributed by atoms with Crippen LogP contribution >= 0.6 is 0 Å². The van der Waals surface area contributed by atoms with E-state index in [1.165, 1.54) is 18.4 Å². The van der Waals surface area contributed by atoms with Gasteiger partial charge >= 0.3 is 5.97 Å². The molecule has 1 N–H and O–H groups in total. The van der Waals surface area contributed by atoms with Gasteiger partial charge in [0.2, 0.25) is 5.91 Å². The van der Waals surface area contributed by atoms with Crippen LogP contribution in [0.3, 0.4) is 0 Å². The van der Waals surface area contributed by atoms with Crippen molar-refractivity contribution in [3.8, 4) is 0 Å². The summed E-state index contributed by atoms with van der Waals surface area (Å²) in [5.41, 5.74) is 3.51. The van der Waals surface area contributed by atoms with Gasteiger partial charge in [-0.3, -0.25) is 9.59 Å². The number of fused-ring (bicyclic) bond motifs is 3. The maximum atomic E-state index is 12.4. The summed E-state index contributed by atoms with van der Waals surface area (Å²) in [4.78, 5) is 24.5. The predicted octanol–water partition coefficient (Wildman–Crippen LogP) is 6.09. The lowest BCUT2D eigenvalue weighted by atomic mass is 9.97. The molecular formula is C28H29NO3. The van der Waals surface area contributed by atoms with Gasteiger partial charge in [0.1, 0.15) is 5.76 Å². The van der Waals surface area contributed by atoms with E-state index in [1.54, 1.807) is 6.08 Å². The average molecular weight is 428 g/mol. The van der Waals surface area contributed by atoms with Crippen molar-refractivity contribution in [2.45, 2.75) is 44.9 Å². The highest BCUT2D eigenvalue weighted by Crippen LogP contribution is 2.27. The first-order chi connectivity index (χ1) is 15.7. The standard InChI is InChI=1S/C28H29NO3/c30-27(29-19-18-21-8-2-1-3-9-21)16-17-28(31)32-24-12-6-4-11-23-15-14-22-10-5-7-13-25(22)26(23)20-24/h4-8,10-15,20H,1-3,9,16-19H2,(H,29,30)/b6-4?,11-4+,12-6-,23-11?,24-12?,24-20+,26-20?. The van der Waals surface area contributed by atoms with Crippen LogP contribution < -0.4 is 5.32 Å². The second-order valence-corrected chi connectivity index (χ2v) is 8.24. The van der Waals surface area contributed by atoms with Crippen LogP contribution in [0.15, 0.2) is 72.0 Å². The molecule has 4 heteroatoms. The minimum Gasteiger partial charge on any atom is -0.426 e. The fourth-order valence-electron chi connectivity index (χ4n) is 4.16. The molecule has 4 nitrogen and oxygen atoms in total. The van der Waals surface area contributed by atoms with E-state index in [0.29, 0.717) is 12.3 Å². The number of carbonyl (C=O) groups excluding carboxylic acids is 2. The number of ether oxygens (including phenoxy) is 1. The molecule has 2 aromatic carbocycles. The molecule has 4 rings (SSSR count). The molecule has 0 radical (unpaired) electrons. The van der Waals surface area contributed by atoms with Crippen molar-refractivity contribution in [3.05, 3.63) is 83.2 Å². The van der Waals surface area contributed by atoms with Gasteiger partial charge in [0.05, 0.1) is 6.42 Å². The summed E-state index contributed by atoms with van der Waals surface area (Å²) >= 11 is 0. The summed E-state index contributed by atoms with van der Waals surface area (Å²) in [5, 5.41) is 5.15. The monoisotopic (exact) mass is 427 g/mol. The molecule has 2 aliphatic carbocycles. The van der Waals surface area contributed by atoms with Gasteiger partial charge in [0, 0.05) is 13.0 Å². The molecule has 0 spiro atoms. The van der Waals surface area contributed by atoms with E-state index in [-0.39, 0.29) is 18.7 Å². The molecule has 164 valence electrons. The Balaban J connectivity index is 1.33. The fourth-order valence-corrected chi connectivity index (χ4v) is 4.16. The first-order valence-electron chi connectivity index (χ1n) is 11.4. The summed E-state index contributed by atoms with van der Waals surface area (Å²) < 4.78 is 5.60. The number of benzene rings is 2. The molecule has 32 heavy (non-hydrogen) atoms. The Labute approximate surface area is 189 Å². The van der Waals surface area contributed by atoms with Crippen LogP contribution in [0.1, 0.15) is 56.1 Å². The number of allylic oxidation sites excluding steroid dienone is 4. The highest BCUT2D eigenvalue weighted by molar-refractivity contribution is 5.95. The second-order valence-electron chi connectivity index (χ2n) is 8.24. The Hall–Kier alpha value is -3.40. The van der Waals surface area contributed by atoms with Gasteiger partial charge in [-0.05, 0) is 66.2 Å². The third-order valence-corrected chi connectivity index (χ3v) is 5.88. The molecule has 0 saturated carbocycles. The lowest BCUT2D eigenvalue weighted by molar-refractivity contribution is -0.140. The zero-order valence-corrected chi connectivity index (χ0v) is 18.3. The molecule has 1 amide bonds. The number of amides is 1. The van der Waals surface area contributed by atoms with Gasteiger partial charge < -0.3 is 10.1 Å². The molecule has 0 saturated heterocycles. The number of hydrogen-bond donors (Lipinski definition) is 1. The quantitative estimate of drug-likeness (QED) is 0.429. The number of nitrogens with one attached hydrogen (secondary N) is 1. The zero-order chi connectivity index (χ0) is 22.2. The average Bonchev–Trinajstić information content (AvgIpc) is 2.80. The molecule has 2 aliphatic rings. The molecule has 0 heterocycles. The van der Waals surface area contributed by atoms with Gasteiger partial charge in [-0.25, -0.2) is 0 Å². The van der Waals surface area contributed by atoms with Crippen LogP contribution in [0.4, 0.5) is 0 Å². The van der Waals surface area contributed by atoms with Gasteiger partial charge in [0.15, 0.2) is 0 Å². The Bertz CT molecular complexity index is 1120. The van der Waals surface area contributed by atoms with Crippen molar-refractivity contribution < 1.29 is 14.3 Å². The van der Waals surface area contributed by atoms with E-state index < -0.39 is 5.97 Å². The van der Waals surface area contributed by atoms with E-state index in [0.717, 1.165) is 41.2 Å². The predicted molar refractivity (Wildman–Crippen MR) is 130 cm³/mol. The summed E-state index contributed by atoms with van der Waals surface area (Å²) in [5.74, 6) is -0.0428.